The number of alkyl halides is 3. The molecule has 0 saturated carbocycles. The third kappa shape index (κ3) is 3.42. The number of rotatable bonds is 3. The highest BCUT2D eigenvalue weighted by Gasteiger charge is 2.33. The molecule has 0 N–H and O–H groups in total. The Labute approximate surface area is 87.4 Å². The summed E-state index contributed by atoms with van der Waals surface area (Å²) >= 11 is 0. The maximum atomic E-state index is 12.7. The summed E-state index contributed by atoms with van der Waals surface area (Å²) in [5.41, 5.74) is -0.302. The van der Waals surface area contributed by atoms with Crippen LogP contribution in [0.1, 0.15) is 25.3 Å². The Kier molecular flexibility index (Phi) is 3.95. The van der Waals surface area contributed by atoms with Gasteiger partial charge >= 0.3 is 6.18 Å². The zero-order chi connectivity index (χ0) is 11.3. The minimum atomic E-state index is -4.27. The van der Waals surface area contributed by atoms with E-state index in [0.29, 0.717) is 12.8 Å². The summed E-state index contributed by atoms with van der Waals surface area (Å²) in [6, 6.07) is 7.89. The minimum absolute atomic E-state index is 0.235. The van der Waals surface area contributed by atoms with E-state index >= 15 is 0 Å². The lowest BCUT2D eigenvalue weighted by Gasteiger charge is -2.11. The van der Waals surface area contributed by atoms with Crippen molar-refractivity contribution >= 4 is 5.57 Å². The maximum Gasteiger partial charge on any atom is 0.416 e. The fraction of sp³-hybridized carbons (Fsp3) is 0.333. The van der Waals surface area contributed by atoms with Gasteiger partial charge in [0.05, 0.1) is 5.57 Å². The summed E-state index contributed by atoms with van der Waals surface area (Å²) < 4.78 is 38.0. The van der Waals surface area contributed by atoms with Gasteiger partial charge in [-0.05, 0) is 12.0 Å². The van der Waals surface area contributed by atoms with Gasteiger partial charge in [-0.1, -0.05) is 49.8 Å². The average Bonchev–Trinajstić information content (AvgIpc) is 2.18. The molecule has 3 heteroatoms. The lowest BCUT2D eigenvalue weighted by molar-refractivity contribution is -0.0690. The van der Waals surface area contributed by atoms with Crippen molar-refractivity contribution in [3.63, 3.8) is 0 Å². The van der Waals surface area contributed by atoms with E-state index in [1.807, 2.05) is 6.92 Å². The summed E-state index contributed by atoms with van der Waals surface area (Å²) in [5, 5.41) is 0. The standard InChI is InChI=1S/C12H13F3/c1-2-3-9-11(12(13,14)15)10-7-5-4-6-8-10/h4-9H,2-3H2,1H3. The Morgan fingerprint density at radius 1 is 1.20 bits per heavy atom. The Morgan fingerprint density at radius 2 is 1.80 bits per heavy atom. The summed E-state index contributed by atoms with van der Waals surface area (Å²) in [6.07, 6.45) is -1.85. The molecule has 0 saturated heterocycles. The van der Waals surface area contributed by atoms with Gasteiger partial charge in [-0.15, -0.1) is 0 Å². The van der Waals surface area contributed by atoms with Crippen LogP contribution in [0.4, 0.5) is 13.2 Å². The predicted octanol–water partition coefficient (Wildman–Crippen LogP) is 4.43. The molecule has 0 nitrogen and oxygen atoms in total. The van der Waals surface area contributed by atoms with Crippen molar-refractivity contribution in [1.29, 1.82) is 0 Å². The molecule has 0 fully saturated rings. The Morgan fingerprint density at radius 3 is 2.27 bits per heavy atom. The van der Waals surface area contributed by atoms with Crippen LogP contribution in [0.15, 0.2) is 36.4 Å². The van der Waals surface area contributed by atoms with Gasteiger partial charge < -0.3 is 0 Å². The lowest BCUT2D eigenvalue weighted by Crippen LogP contribution is -2.10. The first kappa shape index (κ1) is 11.8. The van der Waals surface area contributed by atoms with Gasteiger partial charge in [0.1, 0.15) is 0 Å². The van der Waals surface area contributed by atoms with Crippen molar-refractivity contribution in [2.75, 3.05) is 0 Å². The Bertz CT molecular complexity index is 322. The van der Waals surface area contributed by atoms with Crippen LogP contribution in [0.25, 0.3) is 5.57 Å². The summed E-state index contributed by atoms with van der Waals surface area (Å²) in [7, 11) is 0. The van der Waals surface area contributed by atoms with Gasteiger partial charge in [-0.2, -0.15) is 13.2 Å². The minimum Gasteiger partial charge on any atom is -0.166 e. The van der Waals surface area contributed by atoms with Crippen LogP contribution < -0.4 is 0 Å². The molecule has 0 amide bonds. The van der Waals surface area contributed by atoms with E-state index in [2.05, 4.69) is 0 Å². The second kappa shape index (κ2) is 5.01. The van der Waals surface area contributed by atoms with E-state index < -0.39 is 11.7 Å². The van der Waals surface area contributed by atoms with Crippen molar-refractivity contribution in [3.8, 4) is 0 Å². The molecule has 0 aromatic heterocycles. The van der Waals surface area contributed by atoms with Crippen LogP contribution in [0, 0.1) is 0 Å². The maximum absolute atomic E-state index is 12.7. The molecular formula is C12H13F3. The summed E-state index contributed by atoms with van der Waals surface area (Å²) in [6.45, 7) is 1.86. The highest BCUT2D eigenvalue weighted by atomic mass is 19.4. The molecule has 0 unspecified atom stereocenters. The van der Waals surface area contributed by atoms with E-state index in [4.69, 9.17) is 0 Å². The molecule has 0 spiro atoms. The number of allylic oxidation sites excluding steroid dienone is 2. The fourth-order valence-electron chi connectivity index (χ4n) is 1.30. The van der Waals surface area contributed by atoms with Crippen LogP contribution in [-0.4, -0.2) is 6.18 Å². The van der Waals surface area contributed by atoms with Crippen molar-refractivity contribution in [3.05, 3.63) is 42.0 Å². The summed E-state index contributed by atoms with van der Waals surface area (Å²) in [5.74, 6) is 0. The van der Waals surface area contributed by atoms with Crippen LogP contribution in [-0.2, 0) is 0 Å². The zero-order valence-electron chi connectivity index (χ0n) is 8.51. The SMILES string of the molecule is CCCC=C(c1ccccc1)C(F)(F)F. The summed E-state index contributed by atoms with van der Waals surface area (Å²) in [4.78, 5) is 0. The molecule has 1 rings (SSSR count). The quantitative estimate of drug-likeness (QED) is 0.698. The normalized spacial score (nSPS) is 12.9. The predicted molar refractivity (Wildman–Crippen MR) is 55.4 cm³/mol. The van der Waals surface area contributed by atoms with Crippen molar-refractivity contribution in [2.45, 2.75) is 25.9 Å². The molecule has 0 aliphatic heterocycles. The molecule has 0 atom stereocenters. The second-order valence-corrected chi connectivity index (χ2v) is 3.27. The first-order chi connectivity index (χ1) is 7.05. The van der Waals surface area contributed by atoms with E-state index in [1.54, 1.807) is 18.2 Å². The van der Waals surface area contributed by atoms with E-state index in [0.717, 1.165) is 0 Å². The molecule has 15 heavy (non-hydrogen) atoms. The van der Waals surface area contributed by atoms with E-state index in [-0.39, 0.29) is 5.56 Å². The largest absolute Gasteiger partial charge is 0.416 e. The molecule has 1 aromatic rings. The topological polar surface area (TPSA) is 0 Å². The average molecular weight is 214 g/mol. The van der Waals surface area contributed by atoms with Gasteiger partial charge in [0.25, 0.3) is 0 Å². The van der Waals surface area contributed by atoms with Gasteiger partial charge in [0, 0.05) is 0 Å². The molecule has 0 bridgehead atoms. The number of hydrogen-bond donors (Lipinski definition) is 0. The van der Waals surface area contributed by atoms with Crippen LogP contribution in [0.5, 0.6) is 0 Å². The Hall–Kier alpha value is -1.25. The van der Waals surface area contributed by atoms with E-state index in [1.165, 1.54) is 18.2 Å². The number of unbranched alkanes of at least 4 members (excludes halogenated alkanes) is 1. The number of halogens is 3. The highest BCUT2D eigenvalue weighted by Crippen LogP contribution is 2.34. The van der Waals surface area contributed by atoms with Gasteiger partial charge in [0.15, 0.2) is 0 Å². The van der Waals surface area contributed by atoms with Crippen molar-refractivity contribution in [2.24, 2.45) is 0 Å². The molecule has 1 aromatic carbocycles. The van der Waals surface area contributed by atoms with Gasteiger partial charge in [-0.25, -0.2) is 0 Å². The van der Waals surface area contributed by atoms with E-state index in [9.17, 15) is 13.2 Å². The molecule has 0 radical (unpaired) electrons. The molecule has 0 aliphatic rings. The molecule has 82 valence electrons. The van der Waals surface area contributed by atoms with Crippen molar-refractivity contribution in [1.82, 2.24) is 0 Å². The van der Waals surface area contributed by atoms with Gasteiger partial charge in [0.2, 0.25) is 0 Å². The first-order valence-electron chi connectivity index (χ1n) is 4.88. The smallest absolute Gasteiger partial charge is 0.166 e. The molecular weight excluding hydrogens is 201 g/mol. The zero-order valence-corrected chi connectivity index (χ0v) is 8.51. The third-order valence-corrected chi connectivity index (χ3v) is 2.03. The molecule has 0 heterocycles. The number of benzene rings is 1. The highest BCUT2D eigenvalue weighted by molar-refractivity contribution is 5.69. The fourth-order valence-corrected chi connectivity index (χ4v) is 1.30. The lowest BCUT2D eigenvalue weighted by atomic mass is 10.0. The van der Waals surface area contributed by atoms with Gasteiger partial charge in [-0.3, -0.25) is 0 Å². The number of hydrogen-bond acceptors (Lipinski definition) is 0. The van der Waals surface area contributed by atoms with Crippen LogP contribution >= 0.6 is 0 Å². The first-order valence-corrected chi connectivity index (χ1v) is 4.88. The third-order valence-electron chi connectivity index (χ3n) is 2.03. The molecule has 0 aliphatic carbocycles. The van der Waals surface area contributed by atoms with Crippen LogP contribution in [0.3, 0.4) is 0 Å². The van der Waals surface area contributed by atoms with Crippen molar-refractivity contribution < 1.29 is 13.2 Å². The monoisotopic (exact) mass is 214 g/mol. The second-order valence-electron chi connectivity index (χ2n) is 3.27. The Balaban J connectivity index is 3.03. The van der Waals surface area contributed by atoms with Crippen LogP contribution in [0.2, 0.25) is 0 Å².